The minimum atomic E-state index is -0.240. The van der Waals surface area contributed by atoms with E-state index < -0.39 is 0 Å². The lowest BCUT2D eigenvalue weighted by molar-refractivity contribution is 0.0959. The highest BCUT2D eigenvalue weighted by Gasteiger charge is 2.13. The minimum Gasteiger partial charge on any atom is -0.464 e. The van der Waals surface area contributed by atoms with Gasteiger partial charge in [0.2, 0.25) is 0 Å². The Balaban J connectivity index is 1.71. The number of furan rings is 1. The van der Waals surface area contributed by atoms with Crippen LogP contribution in [0.3, 0.4) is 0 Å². The van der Waals surface area contributed by atoms with Gasteiger partial charge in [0.25, 0.3) is 5.91 Å². The van der Waals surface area contributed by atoms with Crippen molar-refractivity contribution in [2.75, 3.05) is 19.4 Å². The molecule has 3 N–H and O–H groups in total. The number of fused-ring (bicyclic) bond motifs is 1. The Morgan fingerprint density at radius 2 is 2.00 bits per heavy atom. The van der Waals surface area contributed by atoms with Crippen LogP contribution in [0.1, 0.15) is 22.0 Å². The third-order valence-corrected chi connectivity index (χ3v) is 3.88. The van der Waals surface area contributed by atoms with Gasteiger partial charge in [-0.05, 0) is 43.3 Å². The van der Waals surface area contributed by atoms with Crippen molar-refractivity contribution in [2.45, 2.75) is 13.5 Å². The van der Waals surface area contributed by atoms with Gasteiger partial charge in [-0.25, -0.2) is 4.79 Å². The number of hydrogen-bond donors (Lipinski definition) is 3. The van der Waals surface area contributed by atoms with Gasteiger partial charge in [0.05, 0.1) is 6.54 Å². The number of aryl methyl sites for hydroxylation is 1. The van der Waals surface area contributed by atoms with Crippen molar-refractivity contribution in [3.05, 3.63) is 53.6 Å². The summed E-state index contributed by atoms with van der Waals surface area (Å²) in [6.07, 6.45) is 0. The molecule has 0 fully saturated rings. The highest BCUT2D eigenvalue weighted by atomic mass is 16.3. The molecule has 3 rings (SSSR count). The number of benzene rings is 1. The maximum absolute atomic E-state index is 12.3. The molecule has 3 aromatic rings. The normalized spacial score (nSPS) is 10.7. The Hall–Kier alpha value is -3.22. The number of aromatic amines is 1. The molecule has 1 aromatic carbocycles. The fraction of sp³-hybridized carbons (Fsp3) is 0.222. The fourth-order valence-corrected chi connectivity index (χ4v) is 2.56. The summed E-state index contributed by atoms with van der Waals surface area (Å²) in [4.78, 5) is 28.6. The second-order valence-corrected chi connectivity index (χ2v) is 5.86. The quantitative estimate of drug-likeness (QED) is 0.682. The number of H-pyrrole nitrogens is 1. The maximum Gasteiger partial charge on any atom is 0.321 e. The molecule has 0 unspecified atom stereocenters. The van der Waals surface area contributed by atoms with Crippen molar-refractivity contribution < 1.29 is 14.0 Å². The van der Waals surface area contributed by atoms with Crippen molar-refractivity contribution in [3.63, 3.8) is 0 Å². The van der Waals surface area contributed by atoms with E-state index in [0.29, 0.717) is 17.9 Å². The molecule has 0 saturated heterocycles. The number of nitrogens with one attached hydrogen (secondary N) is 3. The predicted molar refractivity (Wildman–Crippen MR) is 95.6 cm³/mol. The van der Waals surface area contributed by atoms with Crippen molar-refractivity contribution >= 4 is 28.5 Å². The van der Waals surface area contributed by atoms with Crippen LogP contribution in [-0.4, -0.2) is 35.9 Å². The van der Waals surface area contributed by atoms with Gasteiger partial charge >= 0.3 is 6.03 Å². The summed E-state index contributed by atoms with van der Waals surface area (Å²) in [5.74, 6) is 1.36. The standard InChI is InChI=1S/C18H20N4O3/c1-11-4-6-14(25-11)10-22(3)18(24)20-13-5-7-15-12(8-13)9-16(21-15)17(23)19-2/h4-9,21H,10H2,1-3H3,(H,19,23)(H,20,24). The summed E-state index contributed by atoms with van der Waals surface area (Å²) in [6, 6.07) is 10.7. The van der Waals surface area contributed by atoms with Crippen LogP contribution in [0.5, 0.6) is 0 Å². The van der Waals surface area contributed by atoms with Gasteiger partial charge in [0.1, 0.15) is 17.2 Å². The molecular formula is C18H20N4O3. The average molecular weight is 340 g/mol. The van der Waals surface area contributed by atoms with Crippen LogP contribution in [0.25, 0.3) is 10.9 Å². The Morgan fingerprint density at radius 3 is 2.68 bits per heavy atom. The van der Waals surface area contributed by atoms with Gasteiger partial charge in [-0.1, -0.05) is 0 Å². The van der Waals surface area contributed by atoms with Gasteiger partial charge in [0, 0.05) is 30.7 Å². The Bertz CT molecular complexity index is 925. The number of hydrogen-bond acceptors (Lipinski definition) is 3. The molecule has 2 aromatic heterocycles. The average Bonchev–Trinajstić information content (AvgIpc) is 3.19. The van der Waals surface area contributed by atoms with E-state index in [2.05, 4.69) is 15.6 Å². The van der Waals surface area contributed by atoms with Gasteiger partial charge in [-0.2, -0.15) is 0 Å². The summed E-state index contributed by atoms with van der Waals surface area (Å²) in [6.45, 7) is 2.25. The smallest absolute Gasteiger partial charge is 0.321 e. The highest BCUT2D eigenvalue weighted by molar-refractivity contribution is 5.99. The van der Waals surface area contributed by atoms with Crippen LogP contribution in [-0.2, 0) is 6.54 Å². The first-order chi connectivity index (χ1) is 12.0. The first kappa shape index (κ1) is 16.6. The van der Waals surface area contributed by atoms with Crippen molar-refractivity contribution in [3.8, 4) is 0 Å². The molecule has 0 spiro atoms. The highest BCUT2D eigenvalue weighted by Crippen LogP contribution is 2.20. The van der Waals surface area contributed by atoms with Crippen LogP contribution < -0.4 is 10.6 Å². The number of amides is 3. The minimum absolute atomic E-state index is 0.185. The number of rotatable bonds is 4. The van der Waals surface area contributed by atoms with Gasteiger partial charge in [0.15, 0.2) is 0 Å². The van der Waals surface area contributed by atoms with E-state index in [4.69, 9.17) is 4.42 Å². The lowest BCUT2D eigenvalue weighted by atomic mass is 10.2. The molecular weight excluding hydrogens is 320 g/mol. The molecule has 0 saturated carbocycles. The fourth-order valence-electron chi connectivity index (χ4n) is 2.56. The molecule has 0 aliphatic carbocycles. The summed E-state index contributed by atoms with van der Waals surface area (Å²) < 4.78 is 5.48. The van der Waals surface area contributed by atoms with E-state index in [1.807, 2.05) is 31.2 Å². The van der Waals surface area contributed by atoms with E-state index in [1.54, 1.807) is 26.2 Å². The second-order valence-electron chi connectivity index (χ2n) is 5.86. The van der Waals surface area contributed by atoms with Gasteiger partial charge in [-0.15, -0.1) is 0 Å². The Kier molecular flexibility index (Phi) is 4.47. The summed E-state index contributed by atoms with van der Waals surface area (Å²) in [5, 5.41) is 6.27. The molecule has 0 atom stereocenters. The number of urea groups is 1. The first-order valence-electron chi connectivity index (χ1n) is 7.88. The summed E-state index contributed by atoms with van der Waals surface area (Å²) in [7, 11) is 3.28. The zero-order chi connectivity index (χ0) is 18.0. The molecule has 7 heteroatoms. The lowest BCUT2D eigenvalue weighted by Crippen LogP contribution is -2.30. The first-order valence-corrected chi connectivity index (χ1v) is 7.88. The van der Waals surface area contributed by atoms with Gasteiger partial charge in [-0.3, -0.25) is 4.79 Å². The largest absolute Gasteiger partial charge is 0.464 e. The number of carbonyl (C=O) groups excluding carboxylic acids is 2. The van der Waals surface area contributed by atoms with Gasteiger partial charge < -0.3 is 24.9 Å². The van der Waals surface area contributed by atoms with Crippen LogP contribution in [0, 0.1) is 6.92 Å². The zero-order valence-electron chi connectivity index (χ0n) is 14.3. The maximum atomic E-state index is 12.3. The van der Waals surface area contributed by atoms with E-state index in [0.717, 1.165) is 22.4 Å². The van der Waals surface area contributed by atoms with E-state index >= 15 is 0 Å². The van der Waals surface area contributed by atoms with E-state index in [-0.39, 0.29) is 11.9 Å². The molecule has 0 radical (unpaired) electrons. The third-order valence-electron chi connectivity index (χ3n) is 3.88. The molecule has 0 bridgehead atoms. The third kappa shape index (κ3) is 3.65. The Morgan fingerprint density at radius 1 is 1.20 bits per heavy atom. The molecule has 2 heterocycles. The molecule has 0 aliphatic rings. The summed E-state index contributed by atoms with van der Waals surface area (Å²) in [5.41, 5.74) is 1.96. The topological polar surface area (TPSA) is 90.4 Å². The van der Waals surface area contributed by atoms with Crippen LogP contribution in [0.2, 0.25) is 0 Å². The number of carbonyl (C=O) groups is 2. The predicted octanol–water partition coefficient (Wildman–Crippen LogP) is 3.09. The number of aromatic nitrogens is 1. The number of anilines is 1. The molecule has 7 nitrogen and oxygen atoms in total. The molecule has 25 heavy (non-hydrogen) atoms. The SMILES string of the molecule is CNC(=O)c1cc2cc(NC(=O)N(C)Cc3ccc(C)o3)ccc2[nH]1. The van der Waals surface area contributed by atoms with Crippen molar-refractivity contribution in [2.24, 2.45) is 0 Å². The Labute approximate surface area is 145 Å². The van der Waals surface area contributed by atoms with Crippen molar-refractivity contribution in [1.29, 1.82) is 0 Å². The monoisotopic (exact) mass is 340 g/mol. The molecule has 3 amide bonds. The zero-order valence-corrected chi connectivity index (χ0v) is 14.3. The van der Waals surface area contributed by atoms with Crippen molar-refractivity contribution in [1.82, 2.24) is 15.2 Å². The number of nitrogens with zero attached hydrogens (tertiary/aromatic N) is 1. The van der Waals surface area contributed by atoms with Crippen LogP contribution >= 0.6 is 0 Å². The van der Waals surface area contributed by atoms with Crippen LogP contribution in [0.4, 0.5) is 10.5 Å². The van der Waals surface area contributed by atoms with Crippen LogP contribution in [0.15, 0.2) is 40.8 Å². The second kappa shape index (κ2) is 6.72. The molecule has 0 aliphatic heterocycles. The van der Waals surface area contributed by atoms with E-state index in [1.165, 1.54) is 4.90 Å². The summed E-state index contributed by atoms with van der Waals surface area (Å²) >= 11 is 0. The van der Waals surface area contributed by atoms with E-state index in [9.17, 15) is 9.59 Å². The molecule has 130 valence electrons. The lowest BCUT2D eigenvalue weighted by Gasteiger charge is -2.16.